The Balaban J connectivity index is 1.73. The molecule has 0 aromatic carbocycles. The SMILES string of the molecule is NC[C@@H](NC(=O)c1ccc(-c2ccc(Cl)cn2)[nH]1)c1csc(CO)n1. The summed E-state index contributed by atoms with van der Waals surface area (Å²) in [6.45, 7) is 0.0661. The molecule has 3 aromatic rings. The number of rotatable bonds is 6. The molecule has 0 saturated carbocycles. The summed E-state index contributed by atoms with van der Waals surface area (Å²) >= 11 is 7.15. The number of halogens is 1. The average molecular weight is 378 g/mol. The van der Waals surface area contributed by atoms with Crippen molar-refractivity contribution >= 4 is 28.8 Å². The third kappa shape index (κ3) is 4.05. The number of amides is 1. The van der Waals surface area contributed by atoms with Crippen LogP contribution in [0, 0.1) is 0 Å². The first-order valence-electron chi connectivity index (χ1n) is 7.47. The van der Waals surface area contributed by atoms with Crippen LogP contribution in [0.2, 0.25) is 5.02 Å². The molecule has 0 fully saturated rings. The van der Waals surface area contributed by atoms with Crippen LogP contribution in [0.5, 0.6) is 0 Å². The molecule has 3 rings (SSSR count). The Labute approximate surface area is 152 Å². The lowest BCUT2D eigenvalue weighted by molar-refractivity contribution is 0.0932. The number of aliphatic hydroxyl groups is 1. The number of nitrogens with one attached hydrogen (secondary N) is 2. The second-order valence-electron chi connectivity index (χ2n) is 5.23. The number of pyridine rings is 1. The minimum atomic E-state index is -0.426. The van der Waals surface area contributed by atoms with Gasteiger partial charge in [-0.15, -0.1) is 11.3 Å². The summed E-state index contributed by atoms with van der Waals surface area (Å²) in [5.41, 5.74) is 8.17. The fourth-order valence-electron chi connectivity index (χ4n) is 2.26. The maximum atomic E-state index is 12.4. The van der Waals surface area contributed by atoms with Gasteiger partial charge in [0.25, 0.3) is 5.91 Å². The molecule has 7 nitrogen and oxygen atoms in total. The summed E-state index contributed by atoms with van der Waals surface area (Å²) < 4.78 is 0. The van der Waals surface area contributed by atoms with E-state index in [4.69, 9.17) is 22.4 Å². The Morgan fingerprint density at radius 2 is 2.24 bits per heavy atom. The number of thiazole rings is 1. The Morgan fingerprint density at radius 3 is 2.88 bits per heavy atom. The van der Waals surface area contributed by atoms with E-state index in [0.29, 0.717) is 32.8 Å². The lowest BCUT2D eigenvalue weighted by Gasteiger charge is -2.14. The lowest BCUT2D eigenvalue weighted by Crippen LogP contribution is -2.33. The van der Waals surface area contributed by atoms with Crippen LogP contribution in [0.1, 0.15) is 27.2 Å². The van der Waals surface area contributed by atoms with Crippen molar-refractivity contribution in [3.8, 4) is 11.4 Å². The van der Waals surface area contributed by atoms with Crippen molar-refractivity contribution < 1.29 is 9.90 Å². The third-order valence-corrected chi connectivity index (χ3v) is 4.61. The zero-order valence-electron chi connectivity index (χ0n) is 13.1. The van der Waals surface area contributed by atoms with Crippen LogP contribution >= 0.6 is 22.9 Å². The van der Waals surface area contributed by atoms with Gasteiger partial charge < -0.3 is 21.1 Å². The van der Waals surface area contributed by atoms with Gasteiger partial charge in [-0.2, -0.15) is 0 Å². The number of aliphatic hydroxyl groups excluding tert-OH is 1. The van der Waals surface area contributed by atoms with Crippen molar-refractivity contribution in [2.45, 2.75) is 12.6 Å². The van der Waals surface area contributed by atoms with E-state index in [-0.39, 0.29) is 19.1 Å². The normalized spacial score (nSPS) is 12.1. The molecule has 0 aliphatic carbocycles. The largest absolute Gasteiger partial charge is 0.389 e. The van der Waals surface area contributed by atoms with Gasteiger partial charge in [-0.25, -0.2) is 4.98 Å². The van der Waals surface area contributed by atoms with E-state index in [1.54, 1.807) is 35.8 Å². The molecule has 3 aromatic heterocycles. The zero-order chi connectivity index (χ0) is 17.8. The van der Waals surface area contributed by atoms with Gasteiger partial charge >= 0.3 is 0 Å². The van der Waals surface area contributed by atoms with Crippen LogP contribution < -0.4 is 11.1 Å². The quantitative estimate of drug-likeness (QED) is 0.525. The molecule has 1 amide bonds. The number of aromatic nitrogens is 3. The van der Waals surface area contributed by atoms with Crippen molar-refractivity contribution in [1.82, 2.24) is 20.3 Å². The molecule has 9 heteroatoms. The molecular weight excluding hydrogens is 362 g/mol. The van der Waals surface area contributed by atoms with Crippen LogP contribution in [0.15, 0.2) is 35.8 Å². The average Bonchev–Trinajstić information content (AvgIpc) is 3.29. The monoisotopic (exact) mass is 377 g/mol. The molecule has 3 heterocycles. The van der Waals surface area contributed by atoms with Crippen molar-refractivity contribution in [2.24, 2.45) is 5.73 Å². The molecular formula is C16H16ClN5O2S. The smallest absolute Gasteiger partial charge is 0.268 e. The van der Waals surface area contributed by atoms with Crippen molar-refractivity contribution in [3.05, 3.63) is 57.3 Å². The van der Waals surface area contributed by atoms with Crippen LogP contribution in [-0.2, 0) is 6.61 Å². The minimum absolute atomic E-state index is 0.135. The topological polar surface area (TPSA) is 117 Å². The van der Waals surface area contributed by atoms with Crippen molar-refractivity contribution in [3.63, 3.8) is 0 Å². The van der Waals surface area contributed by atoms with Gasteiger partial charge in [0.1, 0.15) is 10.7 Å². The predicted octanol–water partition coefficient (Wildman–Crippen LogP) is 2.11. The summed E-state index contributed by atoms with van der Waals surface area (Å²) in [6, 6.07) is 6.52. The van der Waals surface area contributed by atoms with Gasteiger partial charge in [-0.05, 0) is 24.3 Å². The highest BCUT2D eigenvalue weighted by Gasteiger charge is 2.18. The van der Waals surface area contributed by atoms with E-state index in [1.807, 2.05) is 0 Å². The Kier molecular flexibility index (Phi) is 5.44. The van der Waals surface area contributed by atoms with Crippen LogP contribution in [0.3, 0.4) is 0 Å². The number of hydrogen-bond donors (Lipinski definition) is 4. The fraction of sp³-hybridized carbons (Fsp3) is 0.188. The maximum absolute atomic E-state index is 12.4. The molecule has 1 atom stereocenters. The summed E-state index contributed by atoms with van der Waals surface area (Å²) in [5, 5.41) is 14.8. The number of hydrogen-bond acceptors (Lipinski definition) is 6. The van der Waals surface area contributed by atoms with E-state index in [0.717, 1.165) is 0 Å². The number of carbonyl (C=O) groups excluding carboxylic acids is 1. The van der Waals surface area contributed by atoms with Gasteiger partial charge in [0.2, 0.25) is 0 Å². The first-order valence-corrected chi connectivity index (χ1v) is 8.73. The predicted molar refractivity (Wildman–Crippen MR) is 96.3 cm³/mol. The van der Waals surface area contributed by atoms with Crippen molar-refractivity contribution in [2.75, 3.05) is 6.54 Å². The highest BCUT2D eigenvalue weighted by molar-refractivity contribution is 7.09. The Morgan fingerprint density at radius 1 is 1.40 bits per heavy atom. The zero-order valence-corrected chi connectivity index (χ0v) is 14.6. The van der Waals surface area contributed by atoms with E-state index in [9.17, 15) is 4.79 Å². The first kappa shape index (κ1) is 17.6. The van der Waals surface area contributed by atoms with Gasteiger partial charge in [0, 0.05) is 18.1 Å². The van der Waals surface area contributed by atoms with Gasteiger partial charge in [-0.1, -0.05) is 11.6 Å². The molecule has 25 heavy (non-hydrogen) atoms. The van der Waals surface area contributed by atoms with Gasteiger partial charge in [-0.3, -0.25) is 9.78 Å². The standard InChI is InChI=1S/C16H16ClN5O2S/c17-9-1-2-10(19-6-9)11-3-4-12(20-11)16(24)22-13(5-18)14-8-25-15(7-23)21-14/h1-4,6,8,13,20,23H,5,7,18H2,(H,22,24)/t13-/m1/s1. The second-order valence-corrected chi connectivity index (χ2v) is 6.61. The summed E-state index contributed by atoms with van der Waals surface area (Å²) in [4.78, 5) is 23.9. The lowest BCUT2D eigenvalue weighted by atomic mass is 10.2. The van der Waals surface area contributed by atoms with E-state index < -0.39 is 6.04 Å². The Hall–Kier alpha value is -2.26. The number of nitrogens with two attached hydrogens (primary N) is 1. The minimum Gasteiger partial charge on any atom is -0.389 e. The summed E-state index contributed by atoms with van der Waals surface area (Å²) in [6.07, 6.45) is 1.54. The van der Waals surface area contributed by atoms with E-state index in [2.05, 4.69) is 20.3 Å². The fourth-order valence-corrected chi connectivity index (χ4v) is 3.08. The molecule has 130 valence electrons. The molecule has 0 aliphatic rings. The summed E-state index contributed by atoms with van der Waals surface area (Å²) in [7, 11) is 0. The number of aromatic amines is 1. The molecule has 5 N–H and O–H groups in total. The second kappa shape index (κ2) is 7.75. The van der Waals surface area contributed by atoms with Gasteiger partial charge in [0.05, 0.1) is 34.8 Å². The van der Waals surface area contributed by atoms with Crippen LogP contribution in [0.25, 0.3) is 11.4 Å². The summed E-state index contributed by atoms with van der Waals surface area (Å²) in [5.74, 6) is -0.297. The molecule has 0 aliphatic heterocycles. The third-order valence-electron chi connectivity index (χ3n) is 3.54. The molecule has 0 radical (unpaired) electrons. The maximum Gasteiger partial charge on any atom is 0.268 e. The molecule has 0 spiro atoms. The van der Waals surface area contributed by atoms with Crippen molar-refractivity contribution in [1.29, 1.82) is 0 Å². The van der Waals surface area contributed by atoms with E-state index >= 15 is 0 Å². The molecule has 0 bridgehead atoms. The number of nitrogens with zero attached hydrogens (tertiary/aromatic N) is 2. The van der Waals surface area contributed by atoms with Gasteiger partial charge in [0.15, 0.2) is 0 Å². The first-order chi connectivity index (χ1) is 12.1. The highest BCUT2D eigenvalue weighted by atomic mass is 35.5. The van der Waals surface area contributed by atoms with E-state index in [1.165, 1.54) is 11.3 Å². The number of H-pyrrole nitrogens is 1. The number of carbonyl (C=O) groups is 1. The van der Waals surface area contributed by atoms with Crippen LogP contribution in [0.4, 0.5) is 0 Å². The highest BCUT2D eigenvalue weighted by Crippen LogP contribution is 2.20. The molecule has 0 saturated heterocycles. The van der Waals surface area contributed by atoms with Crippen LogP contribution in [-0.4, -0.2) is 32.5 Å². The molecule has 0 unspecified atom stereocenters. The Bertz CT molecular complexity index is 862.